The van der Waals surface area contributed by atoms with Gasteiger partial charge in [0.05, 0.1) is 12.8 Å². The van der Waals surface area contributed by atoms with Gasteiger partial charge < -0.3 is 15.4 Å². The van der Waals surface area contributed by atoms with Crippen molar-refractivity contribution in [3.05, 3.63) is 51.5 Å². The zero-order valence-corrected chi connectivity index (χ0v) is 16.3. The van der Waals surface area contributed by atoms with Crippen LogP contribution in [0, 0.1) is 27.7 Å². The van der Waals surface area contributed by atoms with Crippen molar-refractivity contribution in [1.82, 2.24) is 0 Å². The standard InChI is InChI=1S/C20H25ClN2O2/c1-11-7-13(3)19(14(4)8-11)23-20(24)15(5)22-17-9-12(2)16(21)10-18(17)25-6/h7-10,15,22H,1-6H3,(H,23,24)/t15-/m1/s1. The van der Waals surface area contributed by atoms with Crippen LogP contribution in [0.4, 0.5) is 11.4 Å². The molecule has 2 rings (SSSR count). The minimum absolute atomic E-state index is 0.107. The number of amides is 1. The van der Waals surface area contributed by atoms with Crippen LogP contribution in [-0.2, 0) is 4.79 Å². The first kappa shape index (κ1) is 19.1. The van der Waals surface area contributed by atoms with Crippen LogP contribution in [0.3, 0.4) is 0 Å². The number of carbonyl (C=O) groups is 1. The van der Waals surface area contributed by atoms with E-state index < -0.39 is 6.04 Å². The average Bonchev–Trinajstić information content (AvgIpc) is 2.53. The van der Waals surface area contributed by atoms with E-state index in [1.165, 1.54) is 5.56 Å². The fourth-order valence-electron chi connectivity index (χ4n) is 2.85. The lowest BCUT2D eigenvalue weighted by molar-refractivity contribution is -0.116. The molecule has 0 saturated heterocycles. The molecule has 0 radical (unpaired) electrons. The molecule has 25 heavy (non-hydrogen) atoms. The zero-order chi connectivity index (χ0) is 18.7. The third-order valence-electron chi connectivity index (χ3n) is 4.17. The van der Waals surface area contributed by atoms with Crippen molar-refractivity contribution >= 4 is 28.9 Å². The smallest absolute Gasteiger partial charge is 0.246 e. The maximum Gasteiger partial charge on any atom is 0.246 e. The summed E-state index contributed by atoms with van der Waals surface area (Å²) >= 11 is 6.13. The van der Waals surface area contributed by atoms with Gasteiger partial charge in [0.2, 0.25) is 5.91 Å². The van der Waals surface area contributed by atoms with Gasteiger partial charge in [-0.3, -0.25) is 4.79 Å². The molecule has 0 heterocycles. The van der Waals surface area contributed by atoms with Crippen molar-refractivity contribution in [3.8, 4) is 5.75 Å². The SMILES string of the molecule is COc1cc(Cl)c(C)cc1N[C@H](C)C(=O)Nc1c(C)cc(C)cc1C. The summed E-state index contributed by atoms with van der Waals surface area (Å²) in [5.41, 5.74) is 5.81. The number of hydrogen-bond donors (Lipinski definition) is 2. The average molecular weight is 361 g/mol. The number of benzene rings is 2. The predicted molar refractivity (Wildman–Crippen MR) is 105 cm³/mol. The van der Waals surface area contributed by atoms with Crippen LogP contribution in [0.1, 0.15) is 29.2 Å². The zero-order valence-electron chi connectivity index (χ0n) is 15.6. The highest BCUT2D eigenvalue weighted by Gasteiger charge is 2.17. The van der Waals surface area contributed by atoms with E-state index in [2.05, 4.69) is 22.8 Å². The van der Waals surface area contributed by atoms with Crippen molar-refractivity contribution in [1.29, 1.82) is 0 Å². The third-order valence-corrected chi connectivity index (χ3v) is 4.58. The molecule has 0 spiro atoms. The highest BCUT2D eigenvalue weighted by atomic mass is 35.5. The normalized spacial score (nSPS) is 11.8. The lowest BCUT2D eigenvalue weighted by Gasteiger charge is -2.20. The molecule has 0 fully saturated rings. The van der Waals surface area contributed by atoms with E-state index in [4.69, 9.17) is 16.3 Å². The minimum Gasteiger partial charge on any atom is -0.495 e. The Bertz CT molecular complexity index is 780. The van der Waals surface area contributed by atoms with Gasteiger partial charge in [-0.25, -0.2) is 0 Å². The van der Waals surface area contributed by atoms with Crippen LogP contribution in [-0.4, -0.2) is 19.1 Å². The molecule has 2 aromatic rings. The van der Waals surface area contributed by atoms with E-state index in [1.807, 2.05) is 40.7 Å². The van der Waals surface area contributed by atoms with E-state index in [0.29, 0.717) is 10.8 Å². The molecule has 1 atom stereocenters. The Balaban J connectivity index is 2.18. The number of halogens is 1. The lowest BCUT2D eigenvalue weighted by Crippen LogP contribution is -2.32. The van der Waals surface area contributed by atoms with Gasteiger partial charge in [0.25, 0.3) is 0 Å². The van der Waals surface area contributed by atoms with Gasteiger partial charge in [0.15, 0.2) is 0 Å². The quantitative estimate of drug-likeness (QED) is 0.786. The molecule has 5 heteroatoms. The Hall–Kier alpha value is -2.20. The van der Waals surface area contributed by atoms with Gasteiger partial charge in [-0.05, 0) is 57.4 Å². The number of carbonyl (C=O) groups excluding carboxylic acids is 1. The predicted octanol–water partition coefficient (Wildman–Crippen LogP) is 5.02. The molecule has 0 saturated carbocycles. The number of methoxy groups -OCH3 is 1. The number of rotatable bonds is 5. The molecular weight excluding hydrogens is 336 g/mol. The Morgan fingerprint density at radius 2 is 1.64 bits per heavy atom. The summed E-state index contributed by atoms with van der Waals surface area (Å²) in [5, 5.41) is 6.85. The van der Waals surface area contributed by atoms with Crippen LogP contribution in [0.15, 0.2) is 24.3 Å². The van der Waals surface area contributed by atoms with Crippen LogP contribution in [0.25, 0.3) is 0 Å². The first-order valence-corrected chi connectivity index (χ1v) is 8.60. The van der Waals surface area contributed by atoms with Crippen molar-refractivity contribution in [2.45, 2.75) is 40.7 Å². The largest absolute Gasteiger partial charge is 0.495 e. The summed E-state index contributed by atoms with van der Waals surface area (Å²) in [6, 6.07) is 7.32. The Morgan fingerprint density at radius 1 is 1.04 bits per heavy atom. The van der Waals surface area contributed by atoms with Gasteiger partial charge in [-0.15, -0.1) is 0 Å². The second-order valence-corrected chi connectivity index (χ2v) is 6.84. The van der Waals surface area contributed by atoms with Crippen LogP contribution >= 0.6 is 11.6 Å². The third kappa shape index (κ3) is 4.45. The van der Waals surface area contributed by atoms with Crippen LogP contribution < -0.4 is 15.4 Å². The minimum atomic E-state index is -0.436. The van der Waals surface area contributed by atoms with Crippen LogP contribution in [0.5, 0.6) is 5.75 Å². The highest BCUT2D eigenvalue weighted by molar-refractivity contribution is 6.31. The summed E-state index contributed by atoms with van der Waals surface area (Å²) in [6.07, 6.45) is 0. The maximum atomic E-state index is 12.6. The molecule has 134 valence electrons. The Morgan fingerprint density at radius 3 is 2.20 bits per heavy atom. The highest BCUT2D eigenvalue weighted by Crippen LogP contribution is 2.31. The molecule has 0 bridgehead atoms. The van der Waals surface area contributed by atoms with Crippen molar-refractivity contribution in [3.63, 3.8) is 0 Å². The second kappa shape index (κ2) is 7.79. The fourth-order valence-corrected chi connectivity index (χ4v) is 3.01. The van der Waals surface area contributed by atoms with Gasteiger partial charge in [-0.2, -0.15) is 0 Å². The first-order chi connectivity index (χ1) is 11.7. The monoisotopic (exact) mass is 360 g/mol. The van der Waals surface area contributed by atoms with E-state index in [-0.39, 0.29) is 5.91 Å². The molecular formula is C20H25ClN2O2. The Labute approximate surface area is 154 Å². The molecule has 0 unspecified atom stereocenters. The molecule has 0 aliphatic rings. The van der Waals surface area contributed by atoms with Gasteiger partial charge in [0.1, 0.15) is 11.8 Å². The number of anilines is 2. The molecule has 2 aromatic carbocycles. The number of aryl methyl sites for hydroxylation is 4. The number of ether oxygens (including phenoxy) is 1. The molecule has 4 nitrogen and oxygen atoms in total. The van der Waals surface area contributed by atoms with Crippen LogP contribution in [0.2, 0.25) is 5.02 Å². The molecule has 2 N–H and O–H groups in total. The van der Waals surface area contributed by atoms with Crippen molar-refractivity contribution in [2.75, 3.05) is 17.7 Å². The Kier molecular flexibility index (Phi) is 5.96. The van der Waals surface area contributed by atoms with Gasteiger partial charge >= 0.3 is 0 Å². The summed E-state index contributed by atoms with van der Waals surface area (Å²) in [4.78, 5) is 12.6. The molecule has 1 amide bonds. The molecule has 0 aliphatic carbocycles. The maximum absolute atomic E-state index is 12.6. The lowest BCUT2D eigenvalue weighted by atomic mass is 10.0. The summed E-state index contributed by atoms with van der Waals surface area (Å²) in [6.45, 7) is 9.78. The topological polar surface area (TPSA) is 50.4 Å². The van der Waals surface area contributed by atoms with E-state index in [0.717, 1.165) is 28.1 Å². The van der Waals surface area contributed by atoms with Crippen molar-refractivity contribution < 1.29 is 9.53 Å². The fraction of sp³-hybridized carbons (Fsp3) is 0.350. The van der Waals surface area contributed by atoms with Crippen molar-refractivity contribution in [2.24, 2.45) is 0 Å². The molecule has 0 aromatic heterocycles. The van der Waals surface area contributed by atoms with Gasteiger partial charge in [0, 0.05) is 16.8 Å². The number of hydrogen-bond acceptors (Lipinski definition) is 3. The van der Waals surface area contributed by atoms with Gasteiger partial charge in [-0.1, -0.05) is 29.3 Å². The summed E-state index contributed by atoms with van der Waals surface area (Å²) in [7, 11) is 1.58. The summed E-state index contributed by atoms with van der Waals surface area (Å²) < 4.78 is 5.35. The van der Waals surface area contributed by atoms with E-state index in [1.54, 1.807) is 13.2 Å². The first-order valence-electron chi connectivity index (χ1n) is 8.22. The summed E-state index contributed by atoms with van der Waals surface area (Å²) in [5.74, 6) is 0.502. The van der Waals surface area contributed by atoms with E-state index in [9.17, 15) is 4.79 Å². The van der Waals surface area contributed by atoms with E-state index >= 15 is 0 Å². The molecule has 0 aliphatic heterocycles. The second-order valence-electron chi connectivity index (χ2n) is 6.43. The number of nitrogens with one attached hydrogen (secondary N) is 2.